The summed E-state index contributed by atoms with van der Waals surface area (Å²) in [6, 6.07) is 4.86. The highest BCUT2D eigenvalue weighted by molar-refractivity contribution is 5.78. The van der Waals surface area contributed by atoms with E-state index in [1.54, 1.807) is 17.0 Å². The molecule has 106 valence electrons. The third-order valence-corrected chi connectivity index (χ3v) is 3.62. The molecule has 1 heterocycles. The number of hydrogen-bond acceptors (Lipinski definition) is 2. The molecular weight excluding hydrogens is 255 g/mol. The summed E-state index contributed by atoms with van der Waals surface area (Å²) in [4.78, 5) is 13.6. The minimum atomic E-state index is -0.318. The first-order valence-corrected chi connectivity index (χ1v) is 6.89. The number of halogens is 1. The van der Waals surface area contributed by atoms with Crippen molar-refractivity contribution in [3.63, 3.8) is 0 Å². The number of rotatable bonds is 3. The molecule has 1 aliphatic rings. The zero-order valence-corrected chi connectivity index (χ0v) is 11.7. The van der Waals surface area contributed by atoms with Gasteiger partial charge in [-0.25, -0.2) is 4.39 Å². The van der Waals surface area contributed by atoms with Crippen molar-refractivity contribution in [2.24, 2.45) is 11.7 Å². The number of carbonyl (C=O) groups is 1. The van der Waals surface area contributed by atoms with Crippen LogP contribution in [0.2, 0.25) is 0 Å². The van der Waals surface area contributed by atoms with Crippen molar-refractivity contribution in [2.75, 3.05) is 13.1 Å². The molecule has 1 unspecified atom stereocenters. The third-order valence-electron chi connectivity index (χ3n) is 3.62. The molecule has 0 aromatic heterocycles. The maximum absolute atomic E-state index is 14.0. The SMILES string of the molecule is CCC1CC(=O)N(Cc2ccc(C#CCN)cc2F)C1. The molecule has 1 aromatic carbocycles. The molecule has 1 fully saturated rings. The predicted molar refractivity (Wildman–Crippen MR) is 76.1 cm³/mol. The summed E-state index contributed by atoms with van der Waals surface area (Å²) in [6.45, 7) is 3.40. The van der Waals surface area contributed by atoms with E-state index < -0.39 is 0 Å². The Morgan fingerprint density at radius 3 is 2.90 bits per heavy atom. The molecule has 1 amide bonds. The number of benzene rings is 1. The van der Waals surface area contributed by atoms with E-state index >= 15 is 0 Å². The fourth-order valence-corrected chi connectivity index (χ4v) is 2.39. The van der Waals surface area contributed by atoms with Gasteiger partial charge in [-0.15, -0.1) is 0 Å². The minimum Gasteiger partial charge on any atom is -0.338 e. The Morgan fingerprint density at radius 1 is 1.50 bits per heavy atom. The summed E-state index contributed by atoms with van der Waals surface area (Å²) in [5, 5.41) is 0. The fraction of sp³-hybridized carbons (Fsp3) is 0.438. The van der Waals surface area contributed by atoms with Crippen molar-refractivity contribution in [3.8, 4) is 11.8 Å². The Bertz CT molecular complexity index is 559. The zero-order valence-electron chi connectivity index (χ0n) is 11.7. The average Bonchev–Trinajstić information content (AvgIpc) is 2.80. The quantitative estimate of drug-likeness (QED) is 0.856. The van der Waals surface area contributed by atoms with Gasteiger partial charge >= 0.3 is 0 Å². The molecule has 2 rings (SSSR count). The first-order valence-electron chi connectivity index (χ1n) is 6.89. The van der Waals surface area contributed by atoms with Gasteiger partial charge in [-0.3, -0.25) is 4.79 Å². The van der Waals surface area contributed by atoms with Gasteiger partial charge < -0.3 is 10.6 Å². The number of nitrogens with two attached hydrogens (primary N) is 1. The van der Waals surface area contributed by atoms with Crippen molar-refractivity contribution in [2.45, 2.75) is 26.3 Å². The van der Waals surface area contributed by atoms with Crippen molar-refractivity contribution >= 4 is 5.91 Å². The Kier molecular flexibility index (Phi) is 4.75. The lowest BCUT2D eigenvalue weighted by molar-refractivity contribution is -0.128. The van der Waals surface area contributed by atoms with Crippen LogP contribution in [0.25, 0.3) is 0 Å². The molecule has 2 N–H and O–H groups in total. The van der Waals surface area contributed by atoms with Gasteiger partial charge in [-0.05, 0) is 18.1 Å². The van der Waals surface area contributed by atoms with Crippen LogP contribution in [-0.4, -0.2) is 23.9 Å². The van der Waals surface area contributed by atoms with Crippen LogP contribution in [0.3, 0.4) is 0 Å². The number of hydrogen-bond donors (Lipinski definition) is 1. The normalized spacial score (nSPS) is 18.1. The minimum absolute atomic E-state index is 0.114. The van der Waals surface area contributed by atoms with Crippen LogP contribution in [0.5, 0.6) is 0 Å². The van der Waals surface area contributed by atoms with Gasteiger partial charge in [0.2, 0.25) is 5.91 Å². The highest BCUT2D eigenvalue weighted by atomic mass is 19.1. The Labute approximate surface area is 119 Å². The van der Waals surface area contributed by atoms with Crippen molar-refractivity contribution in [1.82, 2.24) is 4.90 Å². The van der Waals surface area contributed by atoms with Gasteiger partial charge in [-0.1, -0.05) is 31.3 Å². The van der Waals surface area contributed by atoms with Crippen LogP contribution in [0, 0.1) is 23.6 Å². The fourth-order valence-electron chi connectivity index (χ4n) is 2.39. The molecule has 0 saturated carbocycles. The van der Waals surface area contributed by atoms with Gasteiger partial charge in [0.1, 0.15) is 5.82 Å². The number of likely N-dealkylation sites (tertiary alicyclic amines) is 1. The summed E-state index contributed by atoms with van der Waals surface area (Å²) >= 11 is 0. The first-order chi connectivity index (χ1) is 9.63. The van der Waals surface area contributed by atoms with Crippen LogP contribution in [0.15, 0.2) is 18.2 Å². The molecule has 1 aliphatic heterocycles. The molecule has 4 heteroatoms. The van der Waals surface area contributed by atoms with Gasteiger partial charge in [-0.2, -0.15) is 0 Å². The highest BCUT2D eigenvalue weighted by Gasteiger charge is 2.28. The smallest absolute Gasteiger partial charge is 0.223 e. The second-order valence-electron chi connectivity index (χ2n) is 5.06. The van der Waals surface area contributed by atoms with Crippen LogP contribution >= 0.6 is 0 Å². The van der Waals surface area contributed by atoms with Gasteiger partial charge in [0.25, 0.3) is 0 Å². The summed E-state index contributed by atoms with van der Waals surface area (Å²) in [7, 11) is 0. The molecule has 0 aliphatic carbocycles. The summed E-state index contributed by atoms with van der Waals surface area (Å²) in [5.74, 6) is 5.69. The van der Waals surface area contributed by atoms with E-state index in [-0.39, 0.29) is 18.3 Å². The Balaban J connectivity index is 2.08. The molecule has 0 radical (unpaired) electrons. The van der Waals surface area contributed by atoms with Crippen molar-refractivity contribution < 1.29 is 9.18 Å². The lowest BCUT2D eigenvalue weighted by Gasteiger charge is -2.17. The lowest BCUT2D eigenvalue weighted by Crippen LogP contribution is -2.25. The van der Waals surface area contributed by atoms with Crippen molar-refractivity contribution in [3.05, 3.63) is 35.1 Å². The van der Waals surface area contributed by atoms with E-state index in [9.17, 15) is 9.18 Å². The van der Waals surface area contributed by atoms with Crippen molar-refractivity contribution in [1.29, 1.82) is 0 Å². The molecular formula is C16H19FN2O. The van der Waals surface area contributed by atoms with E-state index in [1.807, 2.05) is 0 Å². The van der Waals surface area contributed by atoms with Gasteiger partial charge in [0.05, 0.1) is 6.54 Å². The largest absolute Gasteiger partial charge is 0.338 e. The van der Waals surface area contributed by atoms with E-state index in [4.69, 9.17) is 5.73 Å². The maximum atomic E-state index is 14.0. The van der Waals surface area contributed by atoms with Crippen LogP contribution < -0.4 is 5.73 Å². The van der Waals surface area contributed by atoms with E-state index in [0.29, 0.717) is 30.0 Å². The lowest BCUT2D eigenvalue weighted by atomic mass is 10.1. The predicted octanol–water partition coefficient (Wildman–Crippen LogP) is 1.89. The van der Waals surface area contributed by atoms with Gasteiger partial charge in [0.15, 0.2) is 0 Å². The van der Waals surface area contributed by atoms with Crippen LogP contribution in [-0.2, 0) is 11.3 Å². The second kappa shape index (κ2) is 6.53. The highest BCUT2D eigenvalue weighted by Crippen LogP contribution is 2.23. The maximum Gasteiger partial charge on any atom is 0.223 e. The standard InChI is InChI=1S/C16H19FN2O/c1-2-12-9-16(20)19(10-12)11-14-6-5-13(4-3-7-18)8-15(14)17/h5-6,8,12H,2,7,9-11,18H2,1H3. The Morgan fingerprint density at radius 2 is 2.30 bits per heavy atom. The summed E-state index contributed by atoms with van der Waals surface area (Å²) in [6.07, 6.45) is 1.57. The van der Waals surface area contributed by atoms with E-state index in [0.717, 1.165) is 13.0 Å². The Hall–Kier alpha value is -1.86. The third kappa shape index (κ3) is 3.37. The average molecular weight is 274 g/mol. The number of carbonyl (C=O) groups excluding carboxylic acids is 1. The van der Waals surface area contributed by atoms with Crippen LogP contribution in [0.4, 0.5) is 4.39 Å². The second-order valence-corrected chi connectivity index (χ2v) is 5.06. The monoisotopic (exact) mass is 274 g/mol. The molecule has 1 saturated heterocycles. The topological polar surface area (TPSA) is 46.3 Å². The summed E-state index contributed by atoms with van der Waals surface area (Å²) < 4.78 is 14.0. The molecule has 0 bridgehead atoms. The molecule has 0 spiro atoms. The molecule has 1 aromatic rings. The number of nitrogens with zero attached hydrogens (tertiary/aromatic N) is 1. The summed E-state index contributed by atoms with van der Waals surface area (Å²) in [5.41, 5.74) is 6.43. The first kappa shape index (κ1) is 14.5. The van der Waals surface area contributed by atoms with E-state index in [2.05, 4.69) is 18.8 Å². The van der Waals surface area contributed by atoms with E-state index in [1.165, 1.54) is 6.07 Å². The van der Waals surface area contributed by atoms with Crippen LogP contribution in [0.1, 0.15) is 30.9 Å². The molecule has 3 nitrogen and oxygen atoms in total. The zero-order chi connectivity index (χ0) is 14.5. The molecule has 20 heavy (non-hydrogen) atoms. The number of amides is 1. The molecule has 1 atom stereocenters. The van der Waals surface area contributed by atoms with Gasteiger partial charge in [0, 0.05) is 30.6 Å².